The normalized spacial score (nSPS) is 20.5. The first kappa shape index (κ1) is 26.2. The van der Waals surface area contributed by atoms with Crippen molar-refractivity contribution >= 4 is 39.5 Å². The molecule has 4 aliphatic rings. The number of imidazole rings is 1. The zero-order chi connectivity index (χ0) is 29.3. The third-order valence-electron chi connectivity index (χ3n) is 10.4. The number of carbonyl (C=O) groups excluding carboxylic acids is 2. The van der Waals surface area contributed by atoms with Crippen molar-refractivity contribution in [2.75, 3.05) is 39.8 Å². The first-order valence-corrected chi connectivity index (χ1v) is 15.4. The molecule has 9 nitrogen and oxygen atoms in total. The van der Waals surface area contributed by atoms with Gasteiger partial charge < -0.3 is 19.3 Å². The second-order valence-electron chi connectivity index (χ2n) is 12.9. The summed E-state index contributed by atoms with van der Waals surface area (Å²) in [7, 11) is 2.18. The van der Waals surface area contributed by atoms with Gasteiger partial charge in [0.25, 0.3) is 0 Å². The number of amides is 2. The van der Waals surface area contributed by atoms with E-state index >= 15 is 0 Å². The van der Waals surface area contributed by atoms with Crippen LogP contribution in [0.3, 0.4) is 0 Å². The number of Topliss-reactive ketones (excluding diaryl/α,β-unsaturated/α-hetero) is 1. The molecule has 218 valence electrons. The highest BCUT2D eigenvalue weighted by Crippen LogP contribution is 2.43. The molecule has 4 aromatic rings. The molecule has 0 saturated carbocycles. The fourth-order valence-electron chi connectivity index (χ4n) is 7.95. The van der Waals surface area contributed by atoms with Crippen LogP contribution in [0, 0.1) is 16.7 Å². The van der Waals surface area contributed by atoms with Gasteiger partial charge in [-0.05, 0) is 86.6 Å². The Hall–Kier alpha value is -4.42. The number of nitriles is 1. The van der Waals surface area contributed by atoms with Crippen LogP contribution in [0.4, 0.5) is 4.79 Å². The van der Waals surface area contributed by atoms with E-state index in [-0.39, 0.29) is 17.2 Å². The summed E-state index contributed by atoms with van der Waals surface area (Å²) in [5.74, 6) is 0.120. The van der Waals surface area contributed by atoms with Crippen molar-refractivity contribution in [2.45, 2.75) is 45.2 Å². The lowest BCUT2D eigenvalue weighted by atomic mass is 9.78. The number of fused-ring (bicyclic) bond motifs is 1. The van der Waals surface area contributed by atoms with Crippen LogP contribution in [0.2, 0.25) is 0 Å². The Kier molecular flexibility index (Phi) is 5.99. The summed E-state index contributed by atoms with van der Waals surface area (Å²) in [6.45, 7) is 5.51. The molecule has 0 atom stereocenters. The van der Waals surface area contributed by atoms with Gasteiger partial charge in [-0.1, -0.05) is 6.07 Å². The largest absolute Gasteiger partial charge is 0.345 e. The lowest BCUT2D eigenvalue weighted by Gasteiger charge is -2.38. The van der Waals surface area contributed by atoms with Gasteiger partial charge in [0.15, 0.2) is 5.78 Å². The number of ketones is 1. The van der Waals surface area contributed by atoms with Gasteiger partial charge in [-0.2, -0.15) is 5.26 Å². The fourth-order valence-corrected chi connectivity index (χ4v) is 7.95. The van der Waals surface area contributed by atoms with Crippen LogP contribution in [-0.2, 0) is 17.9 Å². The summed E-state index contributed by atoms with van der Waals surface area (Å²) >= 11 is 0. The molecule has 0 N–H and O–H groups in total. The van der Waals surface area contributed by atoms with Crippen molar-refractivity contribution in [3.05, 3.63) is 71.3 Å². The van der Waals surface area contributed by atoms with E-state index in [1.54, 1.807) is 0 Å². The highest BCUT2D eigenvalue weighted by molar-refractivity contribution is 6.33. The molecule has 0 unspecified atom stereocenters. The van der Waals surface area contributed by atoms with Gasteiger partial charge in [-0.15, -0.1) is 0 Å². The minimum atomic E-state index is 0.0980. The third kappa shape index (κ3) is 4.19. The highest BCUT2D eigenvalue weighted by Gasteiger charge is 2.42. The number of pyridine rings is 1. The van der Waals surface area contributed by atoms with Crippen LogP contribution in [0.25, 0.3) is 27.7 Å². The van der Waals surface area contributed by atoms with Gasteiger partial charge in [-0.3, -0.25) is 9.20 Å². The first-order valence-electron chi connectivity index (χ1n) is 15.4. The van der Waals surface area contributed by atoms with Crippen molar-refractivity contribution in [3.8, 4) is 6.07 Å². The van der Waals surface area contributed by atoms with Crippen LogP contribution < -0.4 is 0 Å². The molecular weight excluding hydrogens is 538 g/mol. The summed E-state index contributed by atoms with van der Waals surface area (Å²) in [5.41, 5.74) is 7.16. The number of rotatable bonds is 2. The number of aromatic nitrogens is 3. The number of hydrogen-bond acceptors (Lipinski definition) is 5. The Bertz CT molecular complexity index is 1880. The molecule has 0 radical (unpaired) electrons. The second kappa shape index (κ2) is 9.81. The number of allylic oxidation sites excluding steroid dienone is 2. The minimum Gasteiger partial charge on any atom is -0.345 e. The van der Waals surface area contributed by atoms with Crippen molar-refractivity contribution in [2.24, 2.45) is 5.41 Å². The Morgan fingerprint density at radius 1 is 1.02 bits per heavy atom. The Morgan fingerprint density at radius 2 is 1.86 bits per heavy atom. The molecule has 1 aromatic carbocycles. The van der Waals surface area contributed by atoms with E-state index in [0.717, 1.165) is 90.0 Å². The van der Waals surface area contributed by atoms with E-state index in [1.165, 1.54) is 0 Å². The van der Waals surface area contributed by atoms with Crippen LogP contribution in [0.1, 0.15) is 54.5 Å². The quantitative estimate of drug-likeness (QED) is 0.344. The minimum absolute atomic E-state index is 0.0980. The average molecular weight is 574 g/mol. The second-order valence-corrected chi connectivity index (χ2v) is 12.9. The molecule has 8 rings (SSSR count). The van der Waals surface area contributed by atoms with E-state index in [2.05, 4.69) is 38.7 Å². The highest BCUT2D eigenvalue weighted by atomic mass is 16.2. The first-order chi connectivity index (χ1) is 20.9. The number of nitrogens with zero attached hydrogens (tertiary/aromatic N) is 7. The predicted molar refractivity (Wildman–Crippen MR) is 164 cm³/mol. The van der Waals surface area contributed by atoms with Crippen molar-refractivity contribution in [1.29, 1.82) is 5.26 Å². The third-order valence-corrected chi connectivity index (χ3v) is 10.4. The van der Waals surface area contributed by atoms with Crippen LogP contribution in [0.5, 0.6) is 0 Å². The molecule has 1 aliphatic carbocycles. The smallest absolute Gasteiger partial charge is 0.320 e. The van der Waals surface area contributed by atoms with E-state index < -0.39 is 0 Å². The van der Waals surface area contributed by atoms with E-state index in [9.17, 15) is 14.9 Å². The molecule has 2 amide bonds. The summed E-state index contributed by atoms with van der Waals surface area (Å²) in [5, 5.41) is 10.9. The van der Waals surface area contributed by atoms with Gasteiger partial charge in [0.05, 0.1) is 29.0 Å². The maximum absolute atomic E-state index is 13.9. The zero-order valence-electron chi connectivity index (χ0n) is 24.6. The van der Waals surface area contributed by atoms with Crippen molar-refractivity contribution in [1.82, 2.24) is 28.7 Å². The van der Waals surface area contributed by atoms with E-state index in [1.807, 2.05) is 52.0 Å². The van der Waals surface area contributed by atoms with Gasteiger partial charge in [0.1, 0.15) is 5.65 Å². The molecule has 3 aromatic heterocycles. The lowest BCUT2D eigenvalue weighted by Crippen LogP contribution is -2.45. The van der Waals surface area contributed by atoms with Gasteiger partial charge >= 0.3 is 6.03 Å². The molecule has 9 heteroatoms. The lowest BCUT2D eigenvalue weighted by molar-refractivity contribution is -0.113. The van der Waals surface area contributed by atoms with Crippen molar-refractivity contribution in [3.63, 3.8) is 0 Å². The molecule has 43 heavy (non-hydrogen) atoms. The molecule has 2 fully saturated rings. The molecule has 2 saturated heterocycles. The number of benzene rings is 1. The zero-order valence-corrected chi connectivity index (χ0v) is 24.6. The van der Waals surface area contributed by atoms with E-state index in [0.29, 0.717) is 38.0 Å². The number of carbonyl (C=O) groups is 2. The van der Waals surface area contributed by atoms with Crippen LogP contribution in [-0.4, -0.2) is 80.2 Å². The SMILES string of the molecule is CN1CCC2(CC1)CCN(C(=O)N1CCn3cc(C4=C(c5cnc6ccccn56)CCC4=O)c4cc(C#N)cc(c43)C1)C2. The van der Waals surface area contributed by atoms with Crippen LogP contribution in [0.15, 0.2) is 48.9 Å². The van der Waals surface area contributed by atoms with Crippen LogP contribution >= 0.6 is 0 Å². The van der Waals surface area contributed by atoms with Gasteiger partial charge in [0.2, 0.25) is 0 Å². The maximum Gasteiger partial charge on any atom is 0.320 e. The number of piperidine rings is 1. The molecule has 0 bridgehead atoms. The topological polar surface area (TPSA) is 89.9 Å². The molecule has 6 heterocycles. The summed E-state index contributed by atoms with van der Waals surface area (Å²) < 4.78 is 4.24. The van der Waals surface area contributed by atoms with Gasteiger partial charge in [0, 0.05) is 68.1 Å². The summed E-state index contributed by atoms with van der Waals surface area (Å²) in [6.07, 6.45) is 10.4. The Morgan fingerprint density at radius 3 is 2.70 bits per heavy atom. The number of likely N-dealkylation sites (tertiary alicyclic amines) is 2. The molecule has 3 aliphatic heterocycles. The number of hydrogen-bond donors (Lipinski definition) is 0. The maximum atomic E-state index is 13.9. The van der Waals surface area contributed by atoms with Crippen molar-refractivity contribution < 1.29 is 9.59 Å². The fraction of sp³-hybridized carbons (Fsp3) is 0.412. The monoisotopic (exact) mass is 573 g/mol. The van der Waals surface area contributed by atoms with E-state index in [4.69, 9.17) is 0 Å². The van der Waals surface area contributed by atoms with Gasteiger partial charge in [-0.25, -0.2) is 9.78 Å². The number of urea groups is 1. The standard InChI is InChI=1S/C34H35N7O2/c1-37-11-7-34(8-12-37)9-13-40(22-34)33(43)39-15-14-38-21-27(26-17-23(18-35)16-24(20-39)32(26)38)31-25(5-6-29(31)42)28-19-36-30-4-2-3-10-41(28)30/h2-4,10,16-17,19,21H,5-9,11-15,20,22H2,1H3. The summed E-state index contributed by atoms with van der Waals surface area (Å²) in [4.78, 5) is 38.4. The average Bonchev–Trinajstić information content (AvgIpc) is 3.78. The molecular formula is C34H35N7O2. The summed E-state index contributed by atoms with van der Waals surface area (Å²) in [6, 6.07) is 12.2. The Labute approximate surface area is 250 Å². The Balaban J connectivity index is 1.16. The predicted octanol–water partition coefficient (Wildman–Crippen LogP) is 4.79. The molecule has 1 spiro atoms.